The van der Waals surface area contributed by atoms with Gasteiger partial charge in [0.25, 0.3) is 0 Å². The molecule has 0 aliphatic rings. The highest BCUT2D eigenvalue weighted by atomic mass is 35.5. The molecule has 0 saturated heterocycles. The Kier molecular flexibility index (Phi) is 5.23. The second kappa shape index (κ2) is 6.95. The number of H-pyrrole nitrogens is 2. The summed E-state index contributed by atoms with van der Waals surface area (Å²) in [4.78, 5) is 27.4. The summed E-state index contributed by atoms with van der Waals surface area (Å²) in [6.07, 6.45) is 0. The number of nitrogens with one attached hydrogen (secondary N) is 2. The molecule has 0 amide bonds. The van der Waals surface area contributed by atoms with Crippen molar-refractivity contribution in [1.29, 1.82) is 0 Å². The van der Waals surface area contributed by atoms with E-state index < -0.39 is 17.7 Å². The number of ether oxygens (including phenoxy) is 1. The molecule has 2 aromatic rings. The molecule has 0 aliphatic carbocycles. The fourth-order valence-corrected chi connectivity index (χ4v) is 2.38. The second-order valence-corrected chi connectivity index (χ2v) is 5.45. The number of aromatic nitrogens is 3. The van der Waals surface area contributed by atoms with Crippen LogP contribution >= 0.6 is 23.2 Å². The molecule has 0 bridgehead atoms. The predicted octanol–water partition coefficient (Wildman–Crippen LogP) is 1.75. The molecule has 2 N–H and O–H groups in total. The van der Waals surface area contributed by atoms with Crippen LogP contribution in [0.2, 0.25) is 10.0 Å². The molecule has 1 unspecified atom stereocenters. The van der Waals surface area contributed by atoms with Crippen LogP contribution in [0, 0.1) is 0 Å². The maximum Gasteiger partial charge on any atom is 0.340 e. The molecule has 1 aromatic carbocycles. The van der Waals surface area contributed by atoms with Crippen LogP contribution in [0.5, 0.6) is 0 Å². The highest BCUT2D eigenvalue weighted by Crippen LogP contribution is 2.29. The summed E-state index contributed by atoms with van der Waals surface area (Å²) in [5.74, 6) is -0.0553. The Hall–Kier alpha value is -1.83. The Morgan fingerprint density at radius 3 is 2.68 bits per heavy atom. The first kappa shape index (κ1) is 16.5. The second-order valence-electron chi connectivity index (χ2n) is 4.64. The smallest absolute Gasteiger partial charge is 0.340 e. The van der Waals surface area contributed by atoms with Crippen molar-refractivity contribution in [3.05, 3.63) is 50.1 Å². The van der Waals surface area contributed by atoms with Crippen molar-refractivity contribution in [2.75, 3.05) is 14.2 Å². The van der Waals surface area contributed by atoms with Crippen LogP contribution in [0.25, 0.3) is 0 Å². The zero-order valence-electron chi connectivity index (χ0n) is 11.9. The van der Waals surface area contributed by atoms with Crippen molar-refractivity contribution >= 4 is 29.2 Å². The third-order valence-electron chi connectivity index (χ3n) is 3.07. The third-order valence-corrected chi connectivity index (χ3v) is 3.81. The lowest BCUT2D eigenvalue weighted by Crippen LogP contribution is -2.32. The number of likely N-dealkylation sites (N-methyl/N-ethyl adjacent to an activating group) is 1. The Morgan fingerprint density at radius 1 is 1.41 bits per heavy atom. The minimum Gasteiger partial charge on any atom is -0.468 e. The number of aromatic amines is 2. The van der Waals surface area contributed by atoms with Crippen molar-refractivity contribution in [2.45, 2.75) is 12.6 Å². The maximum atomic E-state index is 12.1. The van der Waals surface area contributed by atoms with Gasteiger partial charge in [0, 0.05) is 0 Å². The summed E-state index contributed by atoms with van der Waals surface area (Å²) in [6, 6.07) is 4.20. The number of carbonyl (C=O) groups is 1. The van der Waals surface area contributed by atoms with Gasteiger partial charge in [-0.15, -0.1) is 0 Å². The molecule has 22 heavy (non-hydrogen) atoms. The lowest BCUT2D eigenvalue weighted by Gasteiger charge is -2.25. The molecule has 0 saturated carbocycles. The summed E-state index contributed by atoms with van der Waals surface area (Å²) in [5, 5.41) is 6.82. The molecule has 1 atom stereocenters. The molecule has 2 rings (SSSR count). The molecule has 7 nitrogen and oxygen atoms in total. The minimum atomic E-state index is -0.708. The van der Waals surface area contributed by atoms with Crippen LogP contribution in [0.3, 0.4) is 0 Å². The van der Waals surface area contributed by atoms with E-state index in [4.69, 9.17) is 27.9 Å². The van der Waals surface area contributed by atoms with Crippen molar-refractivity contribution < 1.29 is 9.53 Å². The van der Waals surface area contributed by atoms with Gasteiger partial charge in [-0.3, -0.25) is 9.88 Å². The molecule has 118 valence electrons. The Morgan fingerprint density at radius 2 is 2.14 bits per heavy atom. The van der Waals surface area contributed by atoms with Gasteiger partial charge < -0.3 is 4.74 Å². The number of rotatable bonds is 5. The maximum absolute atomic E-state index is 12.1. The highest BCUT2D eigenvalue weighted by molar-refractivity contribution is 6.42. The quantitative estimate of drug-likeness (QED) is 0.806. The average Bonchev–Trinajstić information content (AvgIpc) is 2.88. The minimum absolute atomic E-state index is 0.235. The number of hydrogen-bond donors (Lipinski definition) is 2. The number of methoxy groups -OCH3 is 1. The number of halogens is 2. The van der Waals surface area contributed by atoms with Crippen LogP contribution in [-0.2, 0) is 16.1 Å². The van der Waals surface area contributed by atoms with E-state index in [9.17, 15) is 9.59 Å². The van der Waals surface area contributed by atoms with E-state index in [1.165, 1.54) is 7.11 Å². The number of benzene rings is 1. The van der Waals surface area contributed by atoms with E-state index in [0.717, 1.165) is 0 Å². The first-order valence-electron chi connectivity index (χ1n) is 6.29. The van der Waals surface area contributed by atoms with Gasteiger partial charge in [-0.1, -0.05) is 29.3 Å². The number of carbonyl (C=O) groups excluding carboxylic acids is 1. The van der Waals surface area contributed by atoms with E-state index >= 15 is 0 Å². The van der Waals surface area contributed by atoms with Crippen LogP contribution in [0.4, 0.5) is 0 Å². The lowest BCUT2D eigenvalue weighted by molar-refractivity contribution is -0.147. The van der Waals surface area contributed by atoms with Gasteiger partial charge >= 0.3 is 11.7 Å². The largest absolute Gasteiger partial charge is 0.468 e. The van der Waals surface area contributed by atoms with Crippen molar-refractivity contribution in [2.24, 2.45) is 0 Å². The fraction of sp³-hybridized carbons (Fsp3) is 0.308. The van der Waals surface area contributed by atoms with Crippen LogP contribution in [0.1, 0.15) is 17.4 Å². The molecular formula is C13H14Cl2N4O3. The van der Waals surface area contributed by atoms with Gasteiger partial charge in [-0.05, 0) is 24.7 Å². The molecule has 1 aromatic heterocycles. The molecule has 1 heterocycles. The summed E-state index contributed by atoms with van der Waals surface area (Å²) in [7, 11) is 3.01. The summed E-state index contributed by atoms with van der Waals surface area (Å²) >= 11 is 11.9. The topological polar surface area (TPSA) is 91.1 Å². The average molecular weight is 345 g/mol. The fourth-order valence-electron chi connectivity index (χ4n) is 2.07. The normalized spacial score (nSPS) is 12.4. The van der Waals surface area contributed by atoms with Crippen LogP contribution in [-0.4, -0.2) is 40.2 Å². The Labute approximate surface area is 136 Å². The summed E-state index contributed by atoms with van der Waals surface area (Å²) in [5.41, 5.74) is 0.217. The van der Waals surface area contributed by atoms with E-state index in [1.807, 2.05) is 0 Å². The molecule has 0 spiro atoms. The van der Waals surface area contributed by atoms with Gasteiger partial charge in [-0.2, -0.15) is 5.10 Å². The van der Waals surface area contributed by atoms with Crippen LogP contribution in [0.15, 0.2) is 23.0 Å². The van der Waals surface area contributed by atoms with Gasteiger partial charge in [0.2, 0.25) is 0 Å². The summed E-state index contributed by atoms with van der Waals surface area (Å²) in [6.45, 7) is 0.235. The zero-order valence-corrected chi connectivity index (χ0v) is 13.4. The zero-order chi connectivity index (χ0) is 16.3. The molecule has 0 fully saturated rings. The SMILES string of the molecule is COC(=O)C(c1ccc(Cl)c(Cl)c1)N(C)Cc1n[nH]c(=O)[nH]1. The predicted molar refractivity (Wildman–Crippen MR) is 81.9 cm³/mol. The summed E-state index contributed by atoms with van der Waals surface area (Å²) < 4.78 is 4.84. The van der Waals surface area contributed by atoms with Crippen LogP contribution < -0.4 is 5.69 Å². The third kappa shape index (κ3) is 3.68. The first-order chi connectivity index (χ1) is 10.4. The molecular weight excluding hydrogens is 331 g/mol. The number of esters is 1. The molecule has 9 heteroatoms. The highest BCUT2D eigenvalue weighted by Gasteiger charge is 2.27. The monoisotopic (exact) mass is 344 g/mol. The van der Waals surface area contributed by atoms with E-state index in [2.05, 4.69) is 15.2 Å². The van der Waals surface area contributed by atoms with Gasteiger partial charge in [0.1, 0.15) is 11.9 Å². The first-order valence-corrected chi connectivity index (χ1v) is 7.04. The lowest BCUT2D eigenvalue weighted by atomic mass is 10.1. The Bertz CT molecular complexity index is 728. The van der Waals surface area contributed by atoms with Gasteiger partial charge in [0.05, 0.1) is 23.7 Å². The Balaban J connectivity index is 2.30. The van der Waals surface area contributed by atoms with Gasteiger partial charge in [0.15, 0.2) is 0 Å². The standard InChI is InChI=1S/C13H14Cl2N4O3/c1-19(6-10-16-13(21)18-17-10)11(12(20)22-2)7-3-4-8(14)9(15)5-7/h3-5,11H,6H2,1-2H3,(H2,16,17,18,21). The van der Waals surface area contributed by atoms with E-state index in [1.54, 1.807) is 30.1 Å². The number of nitrogens with zero attached hydrogens (tertiary/aromatic N) is 2. The van der Waals surface area contributed by atoms with E-state index in [-0.39, 0.29) is 6.54 Å². The molecule has 0 aliphatic heterocycles. The van der Waals surface area contributed by atoms with Gasteiger partial charge in [-0.25, -0.2) is 14.7 Å². The molecule has 0 radical (unpaired) electrons. The van der Waals surface area contributed by atoms with Crippen molar-refractivity contribution in [1.82, 2.24) is 20.1 Å². The van der Waals surface area contributed by atoms with Crippen molar-refractivity contribution in [3.63, 3.8) is 0 Å². The number of hydrogen-bond acceptors (Lipinski definition) is 5. The van der Waals surface area contributed by atoms with E-state index in [0.29, 0.717) is 21.4 Å². The van der Waals surface area contributed by atoms with Crippen molar-refractivity contribution in [3.8, 4) is 0 Å².